The molecule has 0 fully saturated rings. The van der Waals surface area contributed by atoms with Crippen molar-refractivity contribution >= 4 is 6.08 Å². The summed E-state index contributed by atoms with van der Waals surface area (Å²) in [4.78, 5) is 0. The molecule has 0 aliphatic heterocycles. The van der Waals surface area contributed by atoms with Crippen molar-refractivity contribution in [3.05, 3.63) is 72.3 Å². The Morgan fingerprint density at radius 1 is 1.05 bits per heavy atom. The molecular formula is C19H22O2. The van der Waals surface area contributed by atoms with Crippen molar-refractivity contribution in [3.8, 4) is 5.75 Å². The molecule has 0 bridgehead atoms. The van der Waals surface area contributed by atoms with E-state index in [1.807, 2.05) is 55.5 Å². The number of rotatable bonds is 7. The first-order chi connectivity index (χ1) is 10.1. The molecule has 2 heteroatoms. The van der Waals surface area contributed by atoms with E-state index in [0.29, 0.717) is 6.61 Å². The Kier molecular flexibility index (Phi) is 5.18. The van der Waals surface area contributed by atoms with Crippen LogP contribution in [-0.2, 0) is 11.3 Å². The third-order valence-electron chi connectivity index (χ3n) is 3.48. The van der Waals surface area contributed by atoms with E-state index >= 15 is 0 Å². The fourth-order valence-corrected chi connectivity index (χ4v) is 1.94. The molecule has 2 rings (SSSR count). The van der Waals surface area contributed by atoms with Crippen LogP contribution >= 0.6 is 0 Å². The second kappa shape index (κ2) is 7.09. The molecule has 1 atom stereocenters. The van der Waals surface area contributed by atoms with Crippen molar-refractivity contribution in [1.82, 2.24) is 0 Å². The zero-order valence-corrected chi connectivity index (χ0v) is 12.7. The first-order valence-electron chi connectivity index (χ1n) is 7.24. The molecule has 0 aliphatic carbocycles. The van der Waals surface area contributed by atoms with Crippen molar-refractivity contribution in [2.24, 2.45) is 0 Å². The molecule has 0 aliphatic rings. The van der Waals surface area contributed by atoms with E-state index in [9.17, 15) is 0 Å². The molecule has 0 saturated heterocycles. The van der Waals surface area contributed by atoms with E-state index in [1.165, 1.54) is 0 Å². The molecule has 110 valence electrons. The van der Waals surface area contributed by atoms with Crippen molar-refractivity contribution in [2.45, 2.75) is 32.7 Å². The SMILES string of the molecule is C=Cc1ccc(OC(C)(CC)OCc2ccccc2)cc1. The van der Waals surface area contributed by atoms with Gasteiger partial charge in [0.05, 0.1) is 6.61 Å². The Morgan fingerprint density at radius 3 is 2.29 bits per heavy atom. The highest BCUT2D eigenvalue weighted by Crippen LogP contribution is 2.24. The molecule has 0 saturated carbocycles. The van der Waals surface area contributed by atoms with E-state index in [1.54, 1.807) is 0 Å². The zero-order valence-electron chi connectivity index (χ0n) is 12.7. The van der Waals surface area contributed by atoms with Crippen LogP contribution in [0.15, 0.2) is 61.2 Å². The summed E-state index contributed by atoms with van der Waals surface area (Å²) >= 11 is 0. The first kappa shape index (κ1) is 15.3. The fourth-order valence-electron chi connectivity index (χ4n) is 1.94. The Bertz CT molecular complexity index is 560. The molecule has 0 heterocycles. The lowest BCUT2D eigenvalue weighted by atomic mass is 10.2. The van der Waals surface area contributed by atoms with Crippen molar-refractivity contribution in [1.29, 1.82) is 0 Å². The molecule has 2 aromatic rings. The second-order valence-electron chi connectivity index (χ2n) is 5.14. The zero-order chi connectivity index (χ0) is 15.1. The van der Waals surface area contributed by atoms with E-state index in [0.717, 1.165) is 23.3 Å². The van der Waals surface area contributed by atoms with Gasteiger partial charge in [-0.25, -0.2) is 0 Å². The first-order valence-corrected chi connectivity index (χ1v) is 7.24. The Labute approximate surface area is 127 Å². The number of benzene rings is 2. The molecular weight excluding hydrogens is 260 g/mol. The van der Waals surface area contributed by atoms with Gasteiger partial charge in [-0.2, -0.15) is 0 Å². The van der Waals surface area contributed by atoms with Gasteiger partial charge in [0, 0.05) is 13.3 Å². The van der Waals surface area contributed by atoms with Crippen molar-refractivity contribution in [3.63, 3.8) is 0 Å². The third kappa shape index (κ3) is 4.47. The monoisotopic (exact) mass is 282 g/mol. The summed E-state index contributed by atoms with van der Waals surface area (Å²) in [5, 5.41) is 0. The number of hydrogen-bond donors (Lipinski definition) is 0. The van der Waals surface area contributed by atoms with Crippen LogP contribution in [0.25, 0.3) is 6.08 Å². The predicted octanol–water partition coefficient (Wildman–Crippen LogP) is 5.05. The predicted molar refractivity (Wildman–Crippen MR) is 87.1 cm³/mol. The minimum absolute atomic E-state index is 0.538. The van der Waals surface area contributed by atoms with E-state index in [-0.39, 0.29) is 0 Å². The molecule has 2 nitrogen and oxygen atoms in total. The Hall–Kier alpha value is -2.06. The molecule has 0 aromatic heterocycles. The van der Waals surface area contributed by atoms with Gasteiger partial charge in [-0.1, -0.05) is 62.0 Å². The maximum atomic E-state index is 6.02. The maximum absolute atomic E-state index is 6.02. The highest BCUT2D eigenvalue weighted by Gasteiger charge is 2.25. The topological polar surface area (TPSA) is 18.5 Å². The highest BCUT2D eigenvalue weighted by molar-refractivity contribution is 5.48. The van der Waals surface area contributed by atoms with Gasteiger partial charge in [0.15, 0.2) is 0 Å². The molecule has 21 heavy (non-hydrogen) atoms. The van der Waals surface area contributed by atoms with E-state index in [2.05, 4.69) is 25.6 Å². The van der Waals surface area contributed by atoms with Gasteiger partial charge in [-0.05, 0) is 23.3 Å². The van der Waals surface area contributed by atoms with Crippen LogP contribution < -0.4 is 4.74 Å². The molecule has 0 radical (unpaired) electrons. The van der Waals surface area contributed by atoms with Gasteiger partial charge < -0.3 is 9.47 Å². The van der Waals surface area contributed by atoms with Gasteiger partial charge in [-0.3, -0.25) is 0 Å². The standard InChI is InChI=1S/C19H22O2/c1-4-16-11-13-18(14-12-16)21-19(3,5-2)20-15-17-9-7-6-8-10-17/h4,6-14H,1,5,15H2,2-3H3. The molecule has 1 unspecified atom stereocenters. The normalized spacial score (nSPS) is 13.4. The molecule has 2 aromatic carbocycles. The average molecular weight is 282 g/mol. The summed E-state index contributed by atoms with van der Waals surface area (Å²) in [5.41, 5.74) is 2.22. The van der Waals surface area contributed by atoms with Crippen LogP contribution in [0.3, 0.4) is 0 Å². The smallest absolute Gasteiger partial charge is 0.207 e. The van der Waals surface area contributed by atoms with Crippen LogP contribution in [0.4, 0.5) is 0 Å². The molecule has 0 amide bonds. The van der Waals surface area contributed by atoms with Crippen LogP contribution in [0.1, 0.15) is 31.4 Å². The summed E-state index contributed by atoms with van der Waals surface area (Å²) in [6.07, 6.45) is 2.58. The lowest BCUT2D eigenvalue weighted by Crippen LogP contribution is -2.34. The summed E-state index contributed by atoms with van der Waals surface area (Å²) < 4.78 is 12.0. The summed E-state index contributed by atoms with van der Waals surface area (Å²) in [6, 6.07) is 18.0. The van der Waals surface area contributed by atoms with E-state index < -0.39 is 5.79 Å². The summed E-state index contributed by atoms with van der Waals surface area (Å²) in [5.74, 6) is 0.170. The highest BCUT2D eigenvalue weighted by atomic mass is 16.7. The molecule has 0 N–H and O–H groups in total. The van der Waals surface area contributed by atoms with Crippen LogP contribution in [0.5, 0.6) is 5.75 Å². The third-order valence-corrected chi connectivity index (χ3v) is 3.48. The van der Waals surface area contributed by atoms with Gasteiger partial charge in [0.2, 0.25) is 5.79 Å². The summed E-state index contributed by atoms with van der Waals surface area (Å²) in [7, 11) is 0. The van der Waals surface area contributed by atoms with Crippen molar-refractivity contribution in [2.75, 3.05) is 0 Å². The minimum Gasteiger partial charge on any atom is -0.463 e. The Morgan fingerprint density at radius 2 is 1.71 bits per heavy atom. The largest absolute Gasteiger partial charge is 0.463 e. The van der Waals surface area contributed by atoms with Gasteiger partial charge in [-0.15, -0.1) is 0 Å². The lowest BCUT2D eigenvalue weighted by Gasteiger charge is -2.29. The quantitative estimate of drug-likeness (QED) is 0.661. The van der Waals surface area contributed by atoms with Crippen LogP contribution in [-0.4, -0.2) is 5.79 Å². The van der Waals surface area contributed by atoms with Gasteiger partial charge >= 0.3 is 0 Å². The van der Waals surface area contributed by atoms with Crippen LogP contribution in [0.2, 0.25) is 0 Å². The number of hydrogen-bond acceptors (Lipinski definition) is 2. The molecule has 0 spiro atoms. The second-order valence-corrected chi connectivity index (χ2v) is 5.14. The van der Waals surface area contributed by atoms with E-state index in [4.69, 9.17) is 9.47 Å². The number of ether oxygens (including phenoxy) is 2. The summed E-state index contributed by atoms with van der Waals surface area (Å²) in [6.45, 7) is 8.31. The lowest BCUT2D eigenvalue weighted by molar-refractivity contribution is -0.179. The van der Waals surface area contributed by atoms with Crippen molar-refractivity contribution < 1.29 is 9.47 Å². The van der Waals surface area contributed by atoms with Gasteiger partial charge in [0.1, 0.15) is 5.75 Å². The maximum Gasteiger partial charge on any atom is 0.207 e. The van der Waals surface area contributed by atoms with Gasteiger partial charge in [0.25, 0.3) is 0 Å². The average Bonchev–Trinajstić information content (AvgIpc) is 2.55. The Balaban J connectivity index is 2.00. The van der Waals surface area contributed by atoms with Crippen LogP contribution in [0, 0.1) is 0 Å². The minimum atomic E-state index is -0.633. The fraction of sp³-hybridized carbons (Fsp3) is 0.263.